The van der Waals surface area contributed by atoms with Crippen LogP contribution in [0.1, 0.15) is 87.8 Å². The molecule has 9 nitrogen and oxygen atoms in total. The molecule has 0 saturated carbocycles. The van der Waals surface area contributed by atoms with Crippen LogP contribution in [0.15, 0.2) is 65.8 Å². The van der Waals surface area contributed by atoms with Gasteiger partial charge in [-0.15, -0.1) is 0 Å². The number of benzene rings is 2. The number of aliphatic imine (C=N–C) groups is 1. The summed E-state index contributed by atoms with van der Waals surface area (Å²) in [6, 6.07) is 14.3. The third-order valence-electron chi connectivity index (χ3n) is 7.80. The predicted octanol–water partition coefficient (Wildman–Crippen LogP) is 6.04. The van der Waals surface area contributed by atoms with Gasteiger partial charge in [0.1, 0.15) is 11.9 Å². The molecule has 3 rings (SSSR count). The van der Waals surface area contributed by atoms with Crippen molar-refractivity contribution < 1.29 is 19.5 Å². The van der Waals surface area contributed by atoms with Crippen molar-refractivity contribution in [2.45, 2.75) is 72.5 Å². The number of rotatable bonds is 14. The monoisotopic (exact) mass is 573 g/mol. The average Bonchev–Trinajstić information content (AvgIpc) is 3.28. The van der Waals surface area contributed by atoms with Crippen LogP contribution in [0.5, 0.6) is 0 Å². The Kier molecular flexibility index (Phi) is 11.2. The second-order valence-corrected chi connectivity index (χ2v) is 11.7. The highest BCUT2D eigenvalue weighted by atomic mass is 16.4. The molecule has 0 bridgehead atoms. The van der Waals surface area contributed by atoms with Crippen molar-refractivity contribution in [3.63, 3.8) is 0 Å². The van der Waals surface area contributed by atoms with E-state index in [9.17, 15) is 14.4 Å². The molecule has 2 unspecified atom stereocenters. The first-order valence-electron chi connectivity index (χ1n) is 14.5. The summed E-state index contributed by atoms with van der Waals surface area (Å²) >= 11 is 0. The van der Waals surface area contributed by atoms with E-state index >= 15 is 0 Å². The summed E-state index contributed by atoms with van der Waals surface area (Å²) in [4.78, 5) is 44.0. The molecule has 0 aliphatic carbocycles. The Hall–Kier alpha value is -4.27. The summed E-state index contributed by atoms with van der Waals surface area (Å²) in [5.74, 6) is -0.968. The summed E-state index contributed by atoms with van der Waals surface area (Å²) in [6.45, 7) is 11.0. The van der Waals surface area contributed by atoms with Gasteiger partial charge < -0.3 is 26.0 Å². The SMILES string of the molecule is CCC(CCC1N=C(c2cccc(N/C=C\C=N)c2)C(=O)N1[C@H](C)c1ccc(C(=O)NCCC(=O)O)cc1)C(C)(C)C. The number of carbonyl (C=O) groups excluding carboxylic acids is 2. The van der Waals surface area contributed by atoms with Gasteiger partial charge in [0, 0.05) is 35.8 Å². The van der Waals surface area contributed by atoms with Crippen LogP contribution < -0.4 is 10.6 Å². The second-order valence-electron chi connectivity index (χ2n) is 11.7. The van der Waals surface area contributed by atoms with Crippen molar-refractivity contribution in [3.8, 4) is 0 Å². The first-order chi connectivity index (χ1) is 20.0. The van der Waals surface area contributed by atoms with Crippen LogP contribution in [0, 0.1) is 16.7 Å². The van der Waals surface area contributed by atoms with Gasteiger partial charge in [-0.05, 0) is 67.0 Å². The molecule has 0 fully saturated rings. The zero-order valence-corrected chi connectivity index (χ0v) is 25.2. The number of carbonyl (C=O) groups is 3. The minimum atomic E-state index is -0.971. The van der Waals surface area contributed by atoms with Crippen molar-refractivity contribution in [2.75, 3.05) is 11.9 Å². The lowest BCUT2D eigenvalue weighted by molar-refractivity contribution is -0.136. The Morgan fingerprint density at radius 1 is 1.17 bits per heavy atom. The smallest absolute Gasteiger partial charge is 0.305 e. The molecular weight excluding hydrogens is 530 g/mol. The van der Waals surface area contributed by atoms with Crippen molar-refractivity contribution >= 4 is 35.4 Å². The fourth-order valence-corrected chi connectivity index (χ4v) is 5.37. The Bertz CT molecular complexity index is 1330. The van der Waals surface area contributed by atoms with Crippen LogP contribution in [-0.2, 0) is 9.59 Å². The molecule has 4 N–H and O–H groups in total. The van der Waals surface area contributed by atoms with E-state index in [1.807, 2.05) is 48.2 Å². The Morgan fingerprint density at radius 3 is 2.50 bits per heavy atom. The molecule has 2 aromatic rings. The summed E-state index contributed by atoms with van der Waals surface area (Å²) in [5, 5.41) is 21.7. The number of hydrogen-bond donors (Lipinski definition) is 4. The minimum Gasteiger partial charge on any atom is -0.481 e. The molecule has 1 heterocycles. The van der Waals surface area contributed by atoms with Gasteiger partial charge in [0.25, 0.3) is 11.8 Å². The molecule has 9 heteroatoms. The van der Waals surface area contributed by atoms with Crippen molar-refractivity contribution in [1.29, 1.82) is 5.41 Å². The highest BCUT2D eigenvalue weighted by Gasteiger charge is 2.39. The van der Waals surface area contributed by atoms with E-state index in [-0.39, 0.29) is 42.4 Å². The molecule has 0 aromatic heterocycles. The Morgan fingerprint density at radius 2 is 1.88 bits per heavy atom. The topological polar surface area (TPSA) is 135 Å². The van der Waals surface area contributed by atoms with Crippen LogP contribution in [0.3, 0.4) is 0 Å². The van der Waals surface area contributed by atoms with Gasteiger partial charge in [-0.3, -0.25) is 19.4 Å². The van der Waals surface area contributed by atoms with Crippen molar-refractivity contribution in [3.05, 3.63) is 77.5 Å². The minimum absolute atomic E-state index is 0.0550. The number of aliphatic carboxylic acids is 1. The average molecular weight is 574 g/mol. The molecule has 2 amide bonds. The van der Waals surface area contributed by atoms with Gasteiger partial charge in [-0.1, -0.05) is 58.4 Å². The van der Waals surface area contributed by atoms with E-state index in [0.29, 0.717) is 17.2 Å². The van der Waals surface area contributed by atoms with Crippen molar-refractivity contribution in [2.24, 2.45) is 16.3 Å². The number of anilines is 1. The molecule has 0 radical (unpaired) electrons. The van der Waals surface area contributed by atoms with Crippen molar-refractivity contribution in [1.82, 2.24) is 10.2 Å². The molecular formula is C33H43N5O4. The maximum Gasteiger partial charge on any atom is 0.305 e. The molecule has 1 aliphatic rings. The van der Waals surface area contributed by atoms with E-state index in [4.69, 9.17) is 15.5 Å². The Labute approximate surface area is 248 Å². The first-order valence-corrected chi connectivity index (χ1v) is 14.5. The quantitative estimate of drug-likeness (QED) is 0.205. The summed E-state index contributed by atoms with van der Waals surface area (Å²) in [7, 11) is 0. The fourth-order valence-electron chi connectivity index (χ4n) is 5.37. The molecule has 3 atom stereocenters. The summed E-state index contributed by atoms with van der Waals surface area (Å²) in [6.07, 6.45) is 6.67. The number of amides is 2. The largest absolute Gasteiger partial charge is 0.481 e. The summed E-state index contributed by atoms with van der Waals surface area (Å²) < 4.78 is 0. The molecule has 0 spiro atoms. The molecule has 42 heavy (non-hydrogen) atoms. The number of carboxylic acid groups (broad SMARTS) is 1. The standard InChI is InChI=1S/C33H43N5O4/c1-6-26(33(3,4)5)15-16-28-37-30(25-9-7-10-27(21-25)35-19-8-18-34)32(42)38(28)22(2)23-11-13-24(14-12-23)31(41)36-20-17-29(39)40/h7-14,18-19,21-22,26,28,34-35H,6,15-17,20H2,1-5H3,(H,36,41)(H,39,40)/b19-8-,34-18?/t22-,26?,28?/m1/s1. The Balaban J connectivity index is 1.87. The maximum absolute atomic E-state index is 14.0. The van der Waals surface area contributed by atoms with Crippen LogP contribution in [0.25, 0.3) is 0 Å². The van der Waals surface area contributed by atoms with Gasteiger partial charge in [-0.25, -0.2) is 0 Å². The van der Waals surface area contributed by atoms with Gasteiger partial charge in [0.15, 0.2) is 0 Å². The van der Waals surface area contributed by atoms with Gasteiger partial charge in [0.05, 0.1) is 12.5 Å². The normalized spacial score (nSPS) is 16.7. The van der Waals surface area contributed by atoms with Gasteiger partial charge >= 0.3 is 5.97 Å². The lowest BCUT2D eigenvalue weighted by Crippen LogP contribution is -2.39. The number of hydrogen-bond acceptors (Lipinski definition) is 6. The third kappa shape index (κ3) is 8.38. The van der Waals surface area contributed by atoms with E-state index in [1.165, 1.54) is 6.21 Å². The third-order valence-corrected chi connectivity index (χ3v) is 7.80. The zero-order valence-electron chi connectivity index (χ0n) is 25.2. The first kappa shape index (κ1) is 32.2. The predicted molar refractivity (Wildman–Crippen MR) is 167 cm³/mol. The van der Waals surface area contributed by atoms with Crippen LogP contribution in [0.4, 0.5) is 5.69 Å². The van der Waals surface area contributed by atoms with Gasteiger partial charge in [-0.2, -0.15) is 0 Å². The van der Waals surface area contributed by atoms with E-state index in [1.54, 1.807) is 24.4 Å². The number of nitrogens with zero attached hydrogens (tertiary/aromatic N) is 2. The molecule has 1 aliphatic heterocycles. The number of allylic oxidation sites excluding steroid dienone is 1. The highest BCUT2D eigenvalue weighted by molar-refractivity contribution is 6.46. The zero-order chi connectivity index (χ0) is 30.9. The highest BCUT2D eigenvalue weighted by Crippen LogP contribution is 2.36. The van der Waals surface area contributed by atoms with Crippen LogP contribution in [0.2, 0.25) is 0 Å². The number of nitrogens with one attached hydrogen (secondary N) is 3. The molecule has 2 aromatic carbocycles. The molecule has 224 valence electrons. The number of carboxylic acids is 1. The van der Waals surface area contributed by atoms with E-state index in [0.717, 1.165) is 36.1 Å². The molecule has 0 saturated heterocycles. The summed E-state index contributed by atoms with van der Waals surface area (Å²) in [5.41, 5.74) is 3.39. The van der Waals surface area contributed by atoms with Crippen LogP contribution in [-0.4, -0.2) is 52.4 Å². The van der Waals surface area contributed by atoms with Crippen LogP contribution >= 0.6 is 0 Å². The maximum atomic E-state index is 14.0. The van der Waals surface area contributed by atoms with E-state index in [2.05, 4.69) is 38.3 Å². The second kappa shape index (κ2) is 14.6. The lowest BCUT2D eigenvalue weighted by atomic mass is 9.76. The van der Waals surface area contributed by atoms with E-state index < -0.39 is 5.97 Å². The lowest BCUT2D eigenvalue weighted by Gasteiger charge is -2.34. The fraction of sp³-hybridized carbons (Fsp3) is 0.424. The van der Waals surface area contributed by atoms with Gasteiger partial charge in [0.2, 0.25) is 0 Å².